The molecule has 0 aromatic heterocycles. The zero-order valence-corrected chi connectivity index (χ0v) is 16.8. The van der Waals surface area contributed by atoms with Gasteiger partial charge in [-0.1, -0.05) is 11.6 Å². The van der Waals surface area contributed by atoms with Gasteiger partial charge in [-0.3, -0.25) is 9.59 Å². The highest BCUT2D eigenvalue weighted by molar-refractivity contribution is 6.32. The molecule has 9 heteroatoms. The molecule has 29 heavy (non-hydrogen) atoms. The number of amides is 2. The maximum absolute atomic E-state index is 12.3. The summed E-state index contributed by atoms with van der Waals surface area (Å²) in [6.07, 6.45) is 0. The number of hydrogen-bond acceptors (Lipinski definition) is 4. The maximum Gasteiger partial charge on any atom is 0.387 e. The van der Waals surface area contributed by atoms with E-state index in [1.54, 1.807) is 29.2 Å². The molecule has 2 N–H and O–H groups in total. The summed E-state index contributed by atoms with van der Waals surface area (Å²) in [6.45, 7) is 2.04. The largest absolute Gasteiger partial charge is 0.433 e. The van der Waals surface area contributed by atoms with E-state index in [1.807, 2.05) is 13.8 Å². The Labute approximate surface area is 172 Å². The van der Waals surface area contributed by atoms with Gasteiger partial charge >= 0.3 is 6.61 Å². The van der Waals surface area contributed by atoms with E-state index in [2.05, 4.69) is 15.4 Å². The number of nitrogens with zero attached hydrogens (tertiary/aromatic N) is 1. The van der Waals surface area contributed by atoms with E-state index in [0.717, 1.165) is 0 Å². The van der Waals surface area contributed by atoms with Crippen LogP contribution in [0, 0.1) is 0 Å². The van der Waals surface area contributed by atoms with Crippen molar-refractivity contribution in [3.8, 4) is 5.75 Å². The Morgan fingerprint density at radius 2 is 1.69 bits per heavy atom. The SMILES string of the molecule is CCN(CC)C(=O)c1ccc(NC(=O)CNc2ccc(OC(F)F)c(Cl)c2)cc1. The Balaban J connectivity index is 1.89. The van der Waals surface area contributed by atoms with Crippen LogP contribution in [0.15, 0.2) is 42.5 Å². The van der Waals surface area contributed by atoms with Gasteiger partial charge in [-0.25, -0.2) is 0 Å². The predicted molar refractivity (Wildman–Crippen MR) is 109 cm³/mol. The topological polar surface area (TPSA) is 70.7 Å². The number of alkyl halides is 2. The first-order valence-electron chi connectivity index (χ1n) is 9.01. The van der Waals surface area contributed by atoms with Crippen molar-refractivity contribution < 1.29 is 23.1 Å². The zero-order chi connectivity index (χ0) is 21.4. The first-order valence-corrected chi connectivity index (χ1v) is 9.39. The lowest BCUT2D eigenvalue weighted by atomic mass is 10.1. The van der Waals surface area contributed by atoms with Gasteiger partial charge in [0.1, 0.15) is 5.75 Å². The molecule has 0 heterocycles. The molecule has 0 aliphatic heterocycles. The van der Waals surface area contributed by atoms with Gasteiger partial charge in [-0.15, -0.1) is 0 Å². The molecule has 2 aromatic carbocycles. The van der Waals surface area contributed by atoms with E-state index >= 15 is 0 Å². The van der Waals surface area contributed by atoms with Crippen molar-refractivity contribution in [2.45, 2.75) is 20.5 Å². The second-order valence-corrected chi connectivity index (χ2v) is 6.39. The Morgan fingerprint density at radius 3 is 2.24 bits per heavy atom. The molecule has 0 saturated carbocycles. The van der Waals surface area contributed by atoms with Crippen molar-refractivity contribution in [3.05, 3.63) is 53.1 Å². The number of carbonyl (C=O) groups excluding carboxylic acids is 2. The average Bonchev–Trinajstić information content (AvgIpc) is 2.69. The Bertz CT molecular complexity index is 843. The van der Waals surface area contributed by atoms with Crippen molar-refractivity contribution in [1.29, 1.82) is 0 Å². The molecule has 2 aromatic rings. The maximum atomic E-state index is 12.3. The smallest absolute Gasteiger partial charge is 0.387 e. The van der Waals surface area contributed by atoms with Gasteiger partial charge in [-0.05, 0) is 56.3 Å². The molecule has 0 aliphatic carbocycles. The molecule has 6 nitrogen and oxygen atoms in total. The summed E-state index contributed by atoms with van der Waals surface area (Å²) < 4.78 is 28.7. The second kappa shape index (κ2) is 10.6. The fraction of sp³-hybridized carbons (Fsp3) is 0.300. The van der Waals surface area contributed by atoms with Crippen molar-refractivity contribution >= 4 is 34.8 Å². The van der Waals surface area contributed by atoms with E-state index in [0.29, 0.717) is 30.0 Å². The highest BCUT2D eigenvalue weighted by Gasteiger charge is 2.13. The first-order chi connectivity index (χ1) is 13.8. The van der Waals surface area contributed by atoms with Crippen molar-refractivity contribution in [1.82, 2.24) is 4.90 Å². The van der Waals surface area contributed by atoms with Crippen molar-refractivity contribution in [3.63, 3.8) is 0 Å². The van der Waals surface area contributed by atoms with Crippen LogP contribution in [0.4, 0.5) is 20.2 Å². The summed E-state index contributed by atoms with van der Waals surface area (Å²) in [5.74, 6) is -0.529. The minimum absolute atomic E-state index is 0.00386. The minimum Gasteiger partial charge on any atom is -0.433 e. The lowest BCUT2D eigenvalue weighted by Crippen LogP contribution is -2.30. The average molecular weight is 426 g/mol. The fourth-order valence-corrected chi connectivity index (χ4v) is 2.80. The molecular weight excluding hydrogens is 404 g/mol. The fourth-order valence-electron chi connectivity index (χ4n) is 2.58. The Hall–Kier alpha value is -2.87. The predicted octanol–water partition coefficient (Wildman–Crippen LogP) is 4.47. The zero-order valence-electron chi connectivity index (χ0n) is 16.0. The third-order valence-electron chi connectivity index (χ3n) is 4.07. The summed E-state index contributed by atoms with van der Waals surface area (Å²) in [5, 5.41) is 5.55. The lowest BCUT2D eigenvalue weighted by Gasteiger charge is -2.18. The number of rotatable bonds is 9. The number of anilines is 2. The highest BCUT2D eigenvalue weighted by atomic mass is 35.5. The van der Waals surface area contributed by atoms with Gasteiger partial charge in [-0.2, -0.15) is 8.78 Å². The van der Waals surface area contributed by atoms with Gasteiger partial charge in [0.15, 0.2) is 0 Å². The van der Waals surface area contributed by atoms with Crippen LogP contribution < -0.4 is 15.4 Å². The monoisotopic (exact) mass is 425 g/mol. The molecule has 0 aliphatic rings. The molecule has 2 amide bonds. The normalized spacial score (nSPS) is 10.6. The third-order valence-corrected chi connectivity index (χ3v) is 4.36. The van der Waals surface area contributed by atoms with Crippen molar-refractivity contribution in [2.75, 3.05) is 30.3 Å². The molecular formula is C20H22ClF2N3O3. The van der Waals surface area contributed by atoms with Crippen LogP contribution in [0.25, 0.3) is 0 Å². The van der Waals surface area contributed by atoms with Gasteiger partial charge < -0.3 is 20.3 Å². The van der Waals surface area contributed by atoms with E-state index in [1.165, 1.54) is 18.2 Å². The molecule has 0 unspecified atom stereocenters. The highest BCUT2D eigenvalue weighted by Crippen LogP contribution is 2.28. The molecule has 0 spiro atoms. The Kier molecular flexibility index (Phi) is 8.21. The molecule has 156 valence electrons. The molecule has 0 radical (unpaired) electrons. The molecule has 0 fully saturated rings. The number of ether oxygens (including phenoxy) is 1. The summed E-state index contributed by atoms with van der Waals surface area (Å²) >= 11 is 5.87. The number of carbonyl (C=O) groups is 2. The van der Waals surface area contributed by atoms with Crippen LogP contribution in [-0.2, 0) is 4.79 Å². The van der Waals surface area contributed by atoms with Crippen LogP contribution >= 0.6 is 11.6 Å². The van der Waals surface area contributed by atoms with E-state index in [-0.39, 0.29) is 29.1 Å². The molecule has 0 saturated heterocycles. The van der Waals surface area contributed by atoms with Crippen LogP contribution in [0.3, 0.4) is 0 Å². The van der Waals surface area contributed by atoms with E-state index in [9.17, 15) is 18.4 Å². The van der Waals surface area contributed by atoms with Crippen molar-refractivity contribution in [2.24, 2.45) is 0 Å². The van der Waals surface area contributed by atoms with E-state index < -0.39 is 6.61 Å². The van der Waals surface area contributed by atoms with Crippen LogP contribution in [0.1, 0.15) is 24.2 Å². The first kappa shape index (κ1) is 22.4. The number of benzene rings is 2. The van der Waals surface area contributed by atoms with Gasteiger partial charge in [0.25, 0.3) is 5.91 Å². The Morgan fingerprint density at radius 1 is 1.07 bits per heavy atom. The van der Waals surface area contributed by atoms with Gasteiger partial charge in [0.2, 0.25) is 5.91 Å². The number of halogens is 3. The molecule has 0 atom stereocenters. The van der Waals surface area contributed by atoms with Crippen LogP contribution in [0.5, 0.6) is 5.75 Å². The lowest BCUT2D eigenvalue weighted by molar-refractivity contribution is -0.114. The molecule has 0 bridgehead atoms. The van der Waals surface area contributed by atoms with Gasteiger partial charge in [0, 0.05) is 30.0 Å². The summed E-state index contributed by atoms with van der Waals surface area (Å²) in [7, 11) is 0. The summed E-state index contributed by atoms with van der Waals surface area (Å²) in [4.78, 5) is 26.1. The molecule has 2 rings (SSSR count). The quantitative estimate of drug-likeness (QED) is 0.621. The summed E-state index contributed by atoms with van der Waals surface area (Å²) in [6, 6.07) is 10.8. The van der Waals surface area contributed by atoms with Gasteiger partial charge in [0.05, 0.1) is 11.6 Å². The van der Waals surface area contributed by atoms with E-state index in [4.69, 9.17) is 11.6 Å². The van der Waals surface area contributed by atoms with Crippen LogP contribution in [-0.4, -0.2) is 43.0 Å². The standard InChI is InChI=1S/C20H22ClF2N3O3/c1-3-26(4-2)19(28)13-5-7-14(8-6-13)25-18(27)12-24-15-9-10-17(16(21)11-15)29-20(22)23/h5-11,20,24H,3-4,12H2,1-2H3,(H,25,27). The third kappa shape index (κ3) is 6.60. The second-order valence-electron chi connectivity index (χ2n) is 5.98. The minimum atomic E-state index is -2.97. The van der Waals surface area contributed by atoms with Crippen LogP contribution in [0.2, 0.25) is 5.02 Å². The number of hydrogen-bond donors (Lipinski definition) is 2. The summed E-state index contributed by atoms with van der Waals surface area (Å²) in [5.41, 5.74) is 1.57. The number of nitrogens with one attached hydrogen (secondary N) is 2.